The molecule has 1 aromatic rings. The van der Waals surface area contributed by atoms with Crippen molar-refractivity contribution in [3.63, 3.8) is 0 Å². The third kappa shape index (κ3) is 2.00. The molecule has 0 radical (unpaired) electrons. The first-order valence-corrected chi connectivity index (χ1v) is 5.93. The third-order valence-corrected chi connectivity index (χ3v) is 3.22. The van der Waals surface area contributed by atoms with Crippen LogP contribution in [-0.4, -0.2) is 19.6 Å². The molecular formula is C13H20N2. The molecule has 2 rings (SSSR count). The molecule has 0 fully saturated rings. The highest BCUT2D eigenvalue weighted by atomic mass is 15.1. The summed E-state index contributed by atoms with van der Waals surface area (Å²) in [5.74, 6) is 0. The molecule has 2 heteroatoms. The predicted molar refractivity (Wildman–Crippen MR) is 65.4 cm³/mol. The molecule has 0 saturated heterocycles. The molecule has 82 valence electrons. The molecule has 0 aliphatic carbocycles. The molecule has 1 aliphatic heterocycles. The molecule has 15 heavy (non-hydrogen) atoms. The van der Waals surface area contributed by atoms with Gasteiger partial charge in [-0.25, -0.2) is 0 Å². The molecular weight excluding hydrogens is 184 g/mol. The van der Waals surface area contributed by atoms with E-state index in [4.69, 9.17) is 0 Å². The third-order valence-electron chi connectivity index (χ3n) is 3.22. The van der Waals surface area contributed by atoms with Gasteiger partial charge in [-0.05, 0) is 44.0 Å². The number of anilines is 1. The number of nitrogens with zero attached hydrogens (tertiary/aromatic N) is 1. The van der Waals surface area contributed by atoms with E-state index in [9.17, 15) is 0 Å². The lowest BCUT2D eigenvalue weighted by molar-refractivity contribution is 0.641. The highest BCUT2D eigenvalue weighted by Gasteiger charge is 2.14. The fraction of sp³-hybridized carbons (Fsp3) is 0.538. The summed E-state index contributed by atoms with van der Waals surface area (Å²) in [5.41, 5.74) is 4.48. The minimum absolute atomic E-state index is 1.03. The second-order valence-corrected chi connectivity index (χ2v) is 4.01. The van der Waals surface area contributed by atoms with E-state index in [-0.39, 0.29) is 0 Å². The van der Waals surface area contributed by atoms with Crippen molar-refractivity contribution in [2.75, 3.05) is 24.5 Å². The minimum atomic E-state index is 1.03. The smallest absolute Gasteiger partial charge is 0.0402 e. The normalized spacial score (nSPS) is 14.8. The summed E-state index contributed by atoms with van der Waals surface area (Å²) in [6, 6.07) is 6.69. The van der Waals surface area contributed by atoms with E-state index >= 15 is 0 Å². The van der Waals surface area contributed by atoms with Crippen molar-refractivity contribution in [2.45, 2.75) is 26.8 Å². The Hall–Kier alpha value is -1.02. The van der Waals surface area contributed by atoms with Gasteiger partial charge in [0.05, 0.1) is 0 Å². The van der Waals surface area contributed by atoms with Crippen molar-refractivity contribution in [2.24, 2.45) is 0 Å². The maximum Gasteiger partial charge on any atom is 0.0402 e. The zero-order valence-electron chi connectivity index (χ0n) is 9.71. The van der Waals surface area contributed by atoms with Gasteiger partial charge in [0.1, 0.15) is 0 Å². The van der Waals surface area contributed by atoms with Crippen molar-refractivity contribution in [1.82, 2.24) is 5.32 Å². The van der Waals surface area contributed by atoms with Gasteiger partial charge >= 0.3 is 0 Å². The SMILES string of the molecule is CCN(CC)c1cccc2c1CCNC2. The Morgan fingerprint density at radius 3 is 2.80 bits per heavy atom. The molecule has 0 bridgehead atoms. The Morgan fingerprint density at radius 1 is 1.27 bits per heavy atom. The quantitative estimate of drug-likeness (QED) is 0.812. The van der Waals surface area contributed by atoms with Crippen LogP contribution in [0.2, 0.25) is 0 Å². The molecule has 0 atom stereocenters. The summed E-state index contributed by atoms with van der Waals surface area (Å²) in [6.07, 6.45) is 1.17. The Labute approximate surface area is 92.3 Å². The van der Waals surface area contributed by atoms with Gasteiger partial charge in [-0.15, -0.1) is 0 Å². The summed E-state index contributed by atoms with van der Waals surface area (Å²) in [6.45, 7) is 8.80. The molecule has 0 saturated carbocycles. The lowest BCUT2D eigenvalue weighted by atomic mass is 9.98. The molecule has 1 aliphatic rings. The summed E-state index contributed by atoms with van der Waals surface area (Å²) in [5, 5.41) is 3.42. The molecule has 0 spiro atoms. The molecule has 0 amide bonds. The topological polar surface area (TPSA) is 15.3 Å². The molecule has 1 aromatic carbocycles. The monoisotopic (exact) mass is 204 g/mol. The van der Waals surface area contributed by atoms with E-state index < -0.39 is 0 Å². The van der Waals surface area contributed by atoms with Crippen LogP contribution in [0.5, 0.6) is 0 Å². The van der Waals surface area contributed by atoms with E-state index in [1.54, 1.807) is 5.56 Å². The van der Waals surface area contributed by atoms with Crippen molar-refractivity contribution >= 4 is 5.69 Å². The molecule has 0 aromatic heterocycles. The number of hydrogen-bond donors (Lipinski definition) is 1. The van der Waals surface area contributed by atoms with Crippen LogP contribution in [0.25, 0.3) is 0 Å². The van der Waals surface area contributed by atoms with Crippen molar-refractivity contribution < 1.29 is 0 Å². The largest absolute Gasteiger partial charge is 0.372 e. The number of hydrogen-bond acceptors (Lipinski definition) is 2. The average Bonchev–Trinajstić information content (AvgIpc) is 2.31. The van der Waals surface area contributed by atoms with Crippen LogP contribution in [0.3, 0.4) is 0 Å². The van der Waals surface area contributed by atoms with Crippen molar-refractivity contribution in [3.8, 4) is 0 Å². The highest BCUT2D eigenvalue weighted by molar-refractivity contribution is 5.57. The van der Waals surface area contributed by atoms with Gasteiger partial charge in [-0.1, -0.05) is 12.1 Å². The first-order chi connectivity index (χ1) is 7.36. The zero-order chi connectivity index (χ0) is 10.7. The summed E-state index contributed by atoms with van der Waals surface area (Å²) >= 11 is 0. The highest BCUT2D eigenvalue weighted by Crippen LogP contribution is 2.26. The Balaban J connectivity index is 2.38. The van der Waals surface area contributed by atoms with E-state index in [1.165, 1.54) is 17.7 Å². The van der Waals surface area contributed by atoms with Crippen LogP contribution in [0.4, 0.5) is 5.69 Å². The molecule has 0 unspecified atom stereocenters. The van der Waals surface area contributed by atoms with Crippen molar-refractivity contribution in [3.05, 3.63) is 29.3 Å². The second kappa shape index (κ2) is 4.67. The number of fused-ring (bicyclic) bond motifs is 1. The van der Waals surface area contributed by atoms with Crippen LogP contribution in [-0.2, 0) is 13.0 Å². The van der Waals surface area contributed by atoms with Crippen LogP contribution in [0.15, 0.2) is 18.2 Å². The molecule has 1 N–H and O–H groups in total. The van der Waals surface area contributed by atoms with E-state index in [0.29, 0.717) is 0 Å². The molecule has 2 nitrogen and oxygen atoms in total. The fourth-order valence-corrected chi connectivity index (χ4v) is 2.37. The maximum absolute atomic E-state index is 3.42. The van der Waals surface area contributed by atoms with Gasteiger partial charge in [0, 0.05) is 25.3 Å². The first kappa shape index (κ1) is 10.5. The van der Waals surface area contributed by atoms with E-state index in [1.807, 2.05) is 0 Å². The van der Waals surface area contributed by atoms with Gasteiger partial charge < -0.3 is 10.2 Å². The lowest BCUT2D eigenvalue weighted by Crippen LogP contribution is -2.28. The van der Waals surface area contributed by atoms with E-state index in [2.05, 4.69) is 42.3 Å². The standard InChI is InChI=1S/C13H20N2/c1-3-15(4-2)13-7-5-6-11-10-14-9-8-12(11)13/h5-7,14H,3-4,8-10H2,1-2H3. The predicted octanol–water partition coefficient (Wildman–Crippen LogP) is 2.18. The van der Waals surface area contributed by atoms with Crippen LogP contribution >= 0.6 is 0 Å². The van der Waals surface area contributed by atoms with E-state index in [0.717, 1.165) is 26.2 Å². The van der Waals surface area contributed by atoms with Gasteiger partial charge in [0.2, 0.25) is 0 Å². The first-order valence-electron chi connectivity index (χ1n) is 5.93. The maximum atomic E-state index is 3.42. The van der Waals surface area contributed by atoms with Crippen molar-refractivity contribution in [1.29, 1.82) is 0 Å². The number of benzene rings is 1. The van der Waals surface area contributed by atoms with Gasteiger partial charge in [-0.2, -0.15) is 0 Å². The Kier molecular flexibility index (Phi) is 3.27. The van der Waals surface area contributed by atoms with Crippen LogP contribution in [0.1, 0.15) is 25.0 Å². The lowest BCUT2D eigenvalue weighted by Gasteiger charge is -2.28. The van der Waals surface area contributed by atoms with Crippen LogP contribution < -0.4 is 10.2 Å². The molecule has 1 heterocycles. The van der Waals surface area contributed by atoms with Crippen LogP contribution in [0, 0.1) is 0 Å². The summed E-state index contributed by atoms with van der Waals surface area (Å²) < 4.78 is 0. The van der Waals surface area contributed by atoms with Gasteiger partial charge in [0.15, 0.2) is 0 Å². The van der Waals surface area contributed by atoms with Gasteiger partial charge in [-0.3, -0.25) is 0 Å². The summed E-state index contributed by atoms with van der Waals surface area (Å²) in [4.78, 5) is 2.45. The number of rotatable bonds is 3. The zero-order valence-corrected chi connectivity index (χ0v) is 9.71. The average molecular weight is 204 g/mol. The second-order valence-electron chi connectivity index (χ2n) is 4.01. The fourth-order valence-electron chi connectivity index (χ4n) is 2.37. The minimum Gasteiger partial charge on any atom is -0.372 e. The number of nitrogens with one attached hydrogen (secondary N) is 1. The summed E-state index contributed by atoms with van der Waals surface area (Å²) in [7, 11) is 0. The Morgan fingerprint density at radius 2 is 2.07 bits per heavy atom. The Bertz CT molecular complexity index is 329. The van der Waals surface area contributed by atoms with Gasteiger partial charge in [0.25, 0.3) is 0 Å².